The van der Waals surface area contributed by atoms with Crippen LogP contribution in [-0.2, 0) is 5.41 Å². The van der Waals surface area contributed by atoms with Crippen LogP contribution >= 0.6 is 0 Å². The average Bonchev–Trinajstić information content (AvgIpc) is 3.44. The summed E-state index contributed by atoms with van der Waals surface area (Å²) in [6.07, 6.45) is 0. The zero-order valence-electron chi connectivity index (χ0n) is 19.0. The second-order valence-electron chi connectivity index (χ2n) is 9.01. The summed E-state index contributed by atoms with van der Waals surface area (Å²) in [4.78, 5) is 42.8. The summed E-state index contributed by atoms with van der Waals surface area (Å²) in [5, 5.41) is 4.98. The maximum atomic E-state index is 14.3. The van der Waals surface area contributed by atoms with E-state index in [1.807, 2.05) is 72.8 Å². The van der Waals surface area contributed by atoms with Gasteiger partial charge in [0.1, 0.15) is 0 Å². The van der Waals surface area contributed by atoms with Gasteiger partial charge in [0.25, 0.3) is 0 Å². The Bertz CT molecular complexity index is 1700. The molecule has 0 atom stereocenters. The second-order valence-corrected chi connectivity index (χ2v) is 9.01. The second kappa shape index (κ2) is 7.30. The van der Waals surface area contributed by atoms with Gasteiger partial charge in [-0.25, -0.2) is 4.68 Å². The summed E-state index contributed by atoms with van der Waals surface area (Å²) in [7, 11) is 0. The molecule has 1 spiro atoms. The number of rotatable bonds is 2. The third-order valence-electron chi connectivity index (χ3n) is 7.17. The zero-order chi connectivity index (χ0) is 24.4. The molecule has 0 saturated heterocycles. The molecule has 4 aromatic carbocycles. The summed E-state index contributed by atoms with van der Waals surface area (Å²) < 4.78 is 1.76. The Morgan fingerprint density at radius 2 is 0.972 bits per heavy atom. The van der Waals surface area contributed by atoms with Crippen LogP contribution in [0.15, 0.2) is 109 Å². The van der Waals surface area contributed by atoms with E-state index >= 15 is 0 Å². The van der Waals surface area contributed by atoms with E-state index in [0.29, 0.717) is 28.1 Å². The molecule has 0 N–H and O–H groups in total. The van der Waals surface area contributed by atoms with Crippen molar-refractivity contribution < 1.29 is 14.4 Å². The highest BCUT2D eigenvalue weighted by molar-refractivity contribution is 6.48. The lowest BCUT2D eigenvalue weighted by molar-refractivity contribution is 0.0708. The number of hydrogen-bond donors (Lipinski definition) is 0. The highest BCUT2D eigenvalue weighted by atomic mass is 16.2. The number of para-hydroxylation sites is 1. The molecule has 1 aromatic heterocycles. The van der Waals surface area contributed by atoms with Crippen molar-refractivity contribution in [1.29, 1.82) is 0 Å². The molecule has 1 heterocycles. The van der Waals surface area contributed by atoms with Crippen molar-refractivity contribution in [2.45, 2.75) is 5.41 Å². The maximum absolute atomic E-state index is 14.3. The molecule has 0 saturated carbocycles. The number of carbonyl (C=O) groups is 3. The van der Waals surface area contributed by atoms with Gasteiger partial charge in [-0.2, -0.15) is 5.10 Å². The minimum atomic E-state index is -2.02. The highest BCUT2D eigenvalue weighted by Crippen LogP contribution is 2.53. The Morgan fingerprint density at radius 1 is 0.528 bits per heavy atom. The molecule has 170 valence electrons. The summed E-state index contributed by atoms with van der Waals surface area (Å²) in [5.41, 5.74) is 2.40. The van der Waals surface area contributed by atoms with Gasteiger partial charge in [0, 0.05) is 33.4 Å². The lowest BCUT2D eigenvalue weighted by Gasteiger charge is -2.31. The highest BCUT2D eigenvalue weighted by Gasteiger charge is 2.64. The third kappa shape index (κ3) is 2.44. The standard InChI is InChI=1S/C31H18N2O3/c34-28-22-16-8-7-15-21(22)27-25(31(28)29(35)23-17-9-10-18-24(23)30(31)36)26(19-11-3-1-4-12-19)32-33(27)20-13-5-2-6-14-20/h1-18H. The molecule has 2 aliphatic rings. The molecular weight excluding hydrogens is 448 g/mol. The van der Waals surface area contributed by atoms with Crippen LogP contribution in [0, 0.1) is 0 Å². The van der Waals surface area contributed by atoms with E-state index in [4.69, 9.17) is 5.10 Å². The van der Waals surface area contributed by atoms with Crippen LogP contribution in [-0.4, -0.2) is 27.1 Å². The topological polar surface area (TPSA) is 69.0 Å². The Balaban J connectivity index is 1.68. The van der Waals surface area contributed by atoms with Crippen LogP contribution < -0.4 is 0 Å². The van der Waals surface area contributed by atoms with Crippen molar-refractivity contribution in [3.8, 4) is 28.2 Å². The van der Waals surface area contributed by atoms with E-state index in [2.05, 4.69) is 0 Å². The molecule has 5 heteroatoms. The van der Waals surface area contributed by atoms with E-state index in [1.165, 1.54) is 0 Å². The van der Waals surface area contributed by atoms with Crippen LogP contribution in [0.2, 0.25) is 0 Å². The smallest absolute Gasteiger partial charge is 0.190 e. The SMILES string of the molecule is O=C1c2ccccc2C(=O)C12C(=O)c1ccccc1-c1c2c(-c2ccccc2)nn1-c1ccccc1. The summed E-state index contributed by atoms with van der Waals surface area (Å²) in [5.74, 6) is -1.48. The summed E-state index contributed by atoms with van der Waals surface area (Å²) >= 11 is 0. The Kier molecular flexibility index (Phi) is 4.15. The summed E-state index contributed by atoms with van der Waals surface area (Å²) in [6.45, 7) is 0. The normalized spacial score (nSPS) is 15.1. The van der Waals surface area contributed by atoms with Gasteiger partial charge in [-0.15, -0.1) is 0 Å². The molecule has 0 radical (unpaired) electrons. The number of fused-ring (bicyclic) bond motifs is 5. The minimum Gasteiger partial charge on any atom is -0.292 e. The van der Waals surface area contributed by atoms with Gasteiger partial charge >= 0.3 is 0 Å². The number of nitrogens with zero attached hydrogens (tertiary/aromatic N) is 2. The van der Waals surface area contributed by atoms with Crippen molar-refractivity contribution in [3.05, 3.63) is 131 Å². The van der Waals surface area contributed by atoms with Crippen molar-refractivity contribution >= 4 is 17.3 Å². The van der Waals surface area contributed by atoms with Gasteiger partial charge in [-0.3, -0.25) is 14.4 Å². The largest absolute Gasteiger partial charge is 0.292 e. The molecular formula is C31H18N2O3. The third-order valence-corrected chi connectivity index (χ3v) is 7.17. The zero-order valence-corrected chi connectivity index (χ0v) is 19.0. The molecule has 0 fully saturated rings. The molecule has 2 aliphatic carbocycles. The monoisotopic (exact) mass is 466 g/mol. The van der Waals surface area contributed by atoms with Gasteiger partial charge in [0.05, 0.1) is 17.1 Å². The fourth-order valence-electron chi connectivity index (χ4n) is 5.60. The average molecular weight is 466 g/mol. The lowest BCUT2D eigenvalue weighted by atomic mass is 9.64. The molecule has 5 nitrogen and oxygen atoms in total. The molecule has 7 rings (SSSR count). The maximum Gasteiger partial charge on any atom is 0.190 e. The predicted octanol–water partition coefficient (Wildman–Crippen LogP) is 5.72. The van der Waals surface area contributed by atoms with Crippen LogP contribution in [0.4, 0.5) is 0 Å². The molecule has 0 amide bonds. The number of benzene rings is 4. The fraction of sp³-hybridized carbons (Fsp3) is 0.0323. The van der Waals surface area contributed by atoms with E-state index in [9.17, 15) is 14.4 Å². The first-order chi connectivity index (χ1) is 17.6. The first-order valence-electron chi connectivity index (χ1n) is 11.7. The molecule has 0 aliphatic heterocycles. The van der Waals surface area contributed by atoms with Crippen molar-refractivity contribution in [3.63, 3.8) is 0 Å². The quantitative estimate of drug-likeness (QED) is 0.312. The minimum absolute atomic E-state index is 0.271. The van der Waals surface area contributed by atoms with Crippen molar-refractivity contribution in [2.75, 3.05) is 0 Å². The number of hydrogen-bond acceptors (Lipinski definition) is 4. The fourth-order valence-corrected chi connectivity index (χ4v) is 5.60. The van der Waals surface area contributed by atoms with E-state index in [-0.39, 0.29) is 11.1 Å². The van der Waals surface area contributed by atoms with Gasteiger partial charge in [0.15, 0.2) is 22.8 Å². The number of aromatic nitrogens is 2. The summed E-state index contributed by atoms with van der Waals surface area (Å²) in [6, 6.07) is 32.8. The van der Waals surface area contributed by atoms with Gasteiger partial charge < -0.3 is 0 Å². The Morgan fingerprint density at radius 3 is 1.53 bits per heavy atom. The first kappa shape index (κ1) is 20.5. The molecule has 0 unspecified atom stereocenters. The van der Waals surface area contributed by atoms with Crippen molar-refractivity contribution in [1.82, 2.24) is 9.78 Å². The van der Waals surface area contributed by atoms with Gasteiger partial charge in [-0.1, -0.05) is 97.1 Å². The van der Waals surface area contributed by atoms with Crippen LogP contribution in [0.25, 0.3) is 28.2 Å². The number of carbonyl (C=O) groups excluding carboxylic acids is 3. The Hall–Kier alpha value is -4.90. The molecule has 5 aromatic rings. The number of Topliss-reactive ketones (excluding diaryl/α,β-unsaturated/α-hetero) is 3. The van der Waals surface area contributed by atoms with Gasteiger partial charge in [-0.05, 0) is 12.1 Å². The predicted molar refractivity (Wildman–Crippen MR) is 136 cm³/mol. The van der Waals surface area contributed by atoms with Crippen molar-refractivity contribution in [2.24, 2.45) is 0 Å². The van der Waals surface area contributed by atoms with E-state index in [1.54, 1.807) is 41.1 Å². The van der Waals surface area contributed by atoms with E-state index < -0.39 is 22.8 Å². The van der Waals surface area contributed by atoms with Gasteiger partial charge in [0.2, 0.25) is 0 Å². The van der Waals surface area contributed by atoms with Crippen LogP contribution in [0.3, 0.4) is 0 Å². The van der Waals surface area contributed by atoms with E-state index in [0.717, 1.165) is 11.3 Å². The first-order valence-corrected chi connectivity index (χ1v) is 11.7. The van der Waals surface area contributed by atoms with Crippen LogP contribution in [0.5, 0.6) is 0 Å². The Labute approximate surface area is 206 Å². The number of ketones is 3. The molecule has 36 heavy (non-hydrogen) atoms. The van der Waals surface area contributed by atoms with Crippen LogP contribution in [0.1, 0.15) is 36.6 Å². The lowest BCUT2D eigenvalue weighted by Crippen LogP contribution is -2.48. The molecule has 0 bridgehead atoms.